The zero-order valence-corrected chi connectivity index (χ0v) is 20.0. The highest BCUT2D eigenvalue weighted by atomic mass is 32.2. The van der Waals surface area contributed by atoms with E-state index in [1.165, 1.54) is 12.1 Å². The van der Waals surface area contributed by atoms with Crippen molar-refractivity contribution >= 4 is 33.2 Å². The maximum Gasteiger partial charge on any atom is 0.262 e. The van der Waals surface area contributed by atoms with Crippen LogP contribution in [0.2, 0.25) is 0 Å². The molecule has 0 unspecified atom stereocenters. The molecule has 0 aliphatic rings. The lowest BCUT2D eigenvalue weighted by Crippen LogP contribution is -2.28. The summed E-state index contributed by atoms with van der Waals surface area (Å²) < 4.78 is 33.4. The molecule has 0 heterocycles. The number of sulfonamides is 1. The van der Waals surface area contributed by atoms with Gasteiger partial charge in [-0.3, -0.25) is 14.3 Å². The average Bonchev–Trinajstić information content (AvgIpc) is 2.80. The van der Waals surface area contributed by atoms with Gasteiger partial charge in [-0.2, -0.15) is 0 Å². The van der Waals surface area contributed by atoms with Crippen LogP contribution in [-0.2, 0) is 14.8 Å². The van der Waals surface area contributed by atoms with Crippen molar-refractivity contribution in [3.63, 3.8) is 0 Å². The second kappa shape index (κ2) is 10.8. The number of nitrogens with one attached hydrogen (secondary N) is 3. The van der Waals surface area contributed by atoms with E-state index in [4.69, 9.17) is 4.74 Å². The van der Waals surface area contributed by atoms with E-state index in [0.717, 1.165) is 5.56 Å². The summed E-state index contributed by atoms with van der Waals surface area (Å²) in [6.07, 6.45) is 0. The Balaban J connectivity index is 1.61. The quantitative estimate of drug-likeness (QED) is 0.429. The minimum Gasteiger partial charge on any atom is -0.484 e. The van der Waals surface area contributed by atoms with Crippen LogP contribution in [0.1, 0.15) is 28.4 Å². The largest absolute Gasteiger partial charge is 0.484 e. The predicted octanol–water partition coefficient (Wildman–Crippen LogP) is 3.87. The molecule has 0 saturated heterocycles. The van der Waals surface area contributed by atoms with E-state index >= 15 is 0 Å². The van der Waals surface area contributed by atoms with Crippen molar-refractivity contribution < 1.29 is 22.7 Å². The molecular formula is C25H27N3O5S. The number of likely N-dealkylation sites (N-methyl/N-ethyl adjacent to an activating group) is 1. The van der Waals surface area contributed by atoms with Crippen molar-refractivity contribution in [1.29, 1.82) is 0 Å². The number of hydrogen-bond acceptors (Lipinski definition) is 5. The molecule has 0 fully saturated rings. The number of carbonyl (C=O) groups is 2. The van der Waals surface area contributed by atoms with Crippen LogP contribution in [0.4, 0.5) is 11.4 Å². The van der Waals surface area contributed by atoms with Gasteiger partial charge >= 0.3 is 0 Å². The van der Waals surface area contributed by atoms with E-state index in [1.807, 2.05) is 19.9 Å². The van der Waals surface area contributed by atoms with Crippen molar-refractivity contribution in [1.82, 2.24) is 5.32 Å². The van der Waals surface area contributed by atoms with Gasteiger partial charge in [0.05, 0.1) is 4.90 Å². The highest BCUT2D eigenvalue weighted by Crippen LogP contribution is 2.22. The Kier molecular flexibility index (Phi) is 7.91. The normalized spacial score (nSPS) is 10.9. The number of rotatable bonds is 9. The van der Waals surface area contributed by atoms with Gasteiger partial charge in [-0.15, -0.1) is 0 Å². The third kappa shape index (κ3) is 6.58. The predicted molar refractivity (Wildman–Crippen MR) is 132 cm³/mol. The minimum atomic E-state index is -3.75. The summed E-state index contributed by atoms with van der Waals surface area (Å²) in [7, 11) is -3.75. The van der Waals surface area contributed by atoms with Crippen LogP contribution in [0.3, 0.4) is 0 Å². The summed E-state index contributed by atoms with van der Waals surface area (Å²) in [5.74, 6) is -0.0516. The van der Waals surface area contributed by atoms with Gasteiger partial charge in [-0.1, -0.05) is 12.1 Å². The van der Waals surface area contributed by atoms with Crippen molar-refractivity contribution in [2.75, 3.05) is 23.2 Å². The van der Waals surface area contributed by atoms with Crippen LogP contribution >= 0.6 is 0 Å². The molecule has 0 aliphatic carbocycles. The maximum absolute atomic E-state index is 12.8. The lowest BCUT2D eigenvalue weighted by molar-refractivity contribution is -0.122. The third-order valence-electron chi connectivity index (χ3n) is 4.89. The molecule has 178 valence electrons. The highest BCUT2D eigenvalue weighted by molar-refractivity contribution is 7.92. The first kappa shape index (κ1) is 24.8. The summed E-state index contributed by atoms with van der Waals surface area (Å²) in [5.41, 5.74) is 2.77. The Bertz CT molecular complexity index is 1270. The van der Waals surface area contributed by atoms with E-state index in [1.54, 1.807) is 55.5 Å². The summed E-state index contributed by atoms with van der Waals surface area (Å²) in [5, 5.41) is 5.41. The van der Waals surface area contributed by atoms with Crippen LogP contribution in [0.5, 0.6) is 5.75 Å². The molecule has 3 aromatic rings. The first-order valence-corrected chi connectivity index (χ1v) is 12.2. The number of carbonyl (C=O) groups excluding carboxylic acids is 2. The van der Waals surface area contributed by atoms with Gasteiger partial charge in [0.15, 0.2) is 6.61 Å². The van der Waals surface area contributed by atoms with E-state index in [9.17, 15) is 18.0 Å². The van der Waals surface area contributed by atoms with Gasteiger partial charge in [0.2, 0.25) is 0 Å². The van der Waals surface area contributed by atoms with Crippen LogP contribution < -0.4 is 20.1 Å². The molecule has 9 heteroatoms. The Morgan fingerprint density at radius 2 is 1.53 bits per heavy atom. The van der Waals surface area contributed by atoms with E-state index in [0.29, 0.717) is 34.8 Å². The van der Waals surface area contributed by atoms with Crippen molar-refractivity contribution in [2.24, 2.45) is 0 Å². The molecule has 3 rings (SSSR count). The summed E-state index contributed by atoms with van der Waals surface area (Å²) in [4.78, 5) is 24.2. The van der Waals surface area contributed by atoms with Gasteiger partial charge in [0.1, 0.15) is 5.75 Å². The lowest BCUT2D eigenvalue weighted by Gasteiger charge is -2.12. The van der Waals surface area contributed by atoms with Gasteiger partial charge in [-0.25, -0.2) is 8.42 Å². The zero-order chi connectivity index (χ0) is 24.7. The fourth-order valence-corrected chi connectivity index (χ4v) is 4.52. The van der Waals surface area contributed by atoms with Crippen molar-refractivity contribution in [2.45, 2.75) is 25.7 Å². The third-order valence-corrected chi connectivity index (χ3v) is 6.41. The monoisotopic (exact) mass is 481 g/mol. The number of benzene rings is 3. The fraction of sp³-hybridized carbons (Fsp3) is 0.200. The van der Waals surface area contributed by atoms with Gasteiger partial charge in [0.25, 0.3) is 21.8 Å². The molecule has 0 aromatic heterocycles. The smallest absolute Gasteiger partial charge is 0.262 e. The molecular weight excluding hydrogens is 454 g/mol. The van der Waals surface area contributed by atoms with Gasteiger partial charge in [-0.05, 0) is 86.5 Å². The summed E-state index contributed by atoms with van der Waals surface area (Å²) in [6.45, 7) is 5.85. The zero-order valence-electron chi connectivity index (χ0n) is 19.2. The number of ether oxygens (including phenoxy) is 1. The fourth-order valence-electron chi connectivity index (χ4n) is 3.13. The van der Waals surface area contributed by atoms with Gasteiger partial charge in [0, 0.05) is 23.5 Å². The summed E-state index contributed by atoms with van der Waals surface area (Å²) in [6, 6.07) is 18.0. The molecule has 0 saturated carbocycles. The molecule has 0 aliphatic heterocycles. The Hall–Kier alpha value is -3.85. The molecule has 0 atom stereocenters. The molecule has 0 bridgehead atoms. The lowest BCUT2D eigenvalue weighted by atomic mass is 10.2. The molecule has 3 aromatic carbocycles. The number of amides is 2. The minimum absolute atomic E-state index is 0.0842. The first-order chi connectivity index (χ1) is 16.2. The molecule has 3 N–H and O–H groups in total. The second-order valence-electron chi connectivity index (χ2n) is 7.67. The van der Waals surface area contributed by atoms with Gasteiger partial charge < -0.3 is 15.4 Å². The van der Waals surface area contributed by atoms with Crippen LogP contribution in [0.15, 0.2) is 71.6 Å². The van der Waals surface area contributed by atoms with Crippen LogP contribution in [0, 0.1) is 13.8 Å². The number of aryl methyl sites for hydroxylation is 2. The number of hydrogen-bond donors (Lipinski definition) is 3. The molecule has 2 amide bonds. The maximum atomic E-state index is 12.8. The summed E-state index contributed by atoms with van der Waals surface area (Å²) >= 11 is 0. The average molecular weight is 482 g/mol. The first-order valence-electron chi connectivity index (χ1n) is 10.7. The van der Waals surface area contributed by atoms with Crippen molar-refractivity contribution in [3.05, 3.63) is 83.4 Å². The molecule has 8 nitrogen and oxygen atoms in total. The van der Waals surface area contributed by atoms with Crippen LogP contribution in [0.25, 0.3) is 0 Å². The molecule has 0 spiro atoms. The SMILES string of the molecule is CCNC(=O)COc1ccc(NC(=O)c2ccc(NS(=O)(=O)c3cc(C)ccc3C)cc2)cc1. The Morgan fingerprint density at radius 3 is 2.18 bits per heavy atom. The Morgan fingerprint density at radius 1 is 0.882 bits per heavy atom. The highest BCUT2D eigenvalue weighted by Gasteiger charge is 2.17. The van der Waals surface area contributed by atoms with Crippen molar-refractivity contribution in [3.8, 4) is 5.75 Å². The second-order valence-corrected chi connectivity index (χ2v) is 9.32. The Labute approximate surface area is 199 Å². The van der Waals surface area contributed by atoms with E-state index in [-0.39, 0.29) is 23.3 Å². The standard InChI is InChI=1S/C25H27N3O5S/c1-4-26-24(29)16-33-22-13-11-20(12-14-22)27-25(30)19-7-9-21(10-8-19)28-34(31,32)23-15-17(2)5-6-18(23)3/h5-15,28H,4,16H2,1-3H3,(H,26,29)(H,27,30). The molecule has 0 radical (unpaired) electrons. The van der Waals surface area contributed by atoms with Crippen LogP contribution in [-0.4, -0.2) is 33.4 Å². The van der Waals surface area contributed by atoms with E-state index < -0.39 is 10.0 Å². The van der Waals surface area contributed by atoms with E-state index in [2.05, 4.69) is 15.4 Å². The molecule has 34 heavy (non-hydrogen) atoms. The number of anilines is 2. The topological polar surface area (TPSA) is 114 Å².